The molecule has 16 heavy (non-hydrogen) atoms. The maximum atomic E-state index is 11.7. The molecule has 1 amide bonds. The standard InChI is InChI=1S/C9H17F3N2O2/c1-3-8(2,13)7(15)14-4-5-16-6-9(10,11)12/h3-6,13H2,1-2H3,(H,14,15). The van der Waals surface area contributed by atoms with Crippen LogP contribution in [0.5, 0.6) is 0 Å². The van der Waals surface area contributed by atoms with Crippen molar-refractivity contribution in [3.63, 3.8) is 0 Å². The monoisotopic (exact) mass is 242 g/mol. The van der Waals surface area contributed by atoms with Gasteiger partial charge in [-0.25, -0.2) is 0 Å². The first-order valence-electron chi connectivity index (χ1n) is 4.90. The molecule has 0 heterocycles. The highest BCUT2D eigenvalue weighted by Gasteiger charge is 2.28. The summed E-state index contributed by atoms with van der Waals surface area (Å²) >= 11 is 0. The van der Waals surface area contributed by atoms with E-state index in [1.54, 1.807) is 13.8 Å². The van der Waals surface area contributed by atoms with Gasteiger partial charge in [0.1, 0.15) is 6.61 Å². The van der Waals surface area contributed by atoms with Crippen molar-refractivity contribution in [2.24, 2.45) is 5.73 Å². The zero-order chi connectivity index (χ0) is 12.8. The Morgan fingerprint density at radius 3 is 2.44 bits per heavy atom. The van der Waals surface area contributed by atoms with Gasteiger partial charge in [-0.1, -0.05) is 6.92 Å². The van der Waals surface area contributed by atoms with Crippen LogP contribution in [-0.4, -0.2) is 37.4 Å². The SMILES string of the molecule is CCC(C)(N)C(=O)NCCOCC(F)(F)F. The van der Waals surface area contributed by atoms with Crippen LogP contribution in [-0.2, 0) is 9.53 Å². The molecule has 0 bridgehead atoms. The minimum absolute atomic E-state index is 0.0156. The fourth-order valence-corrected chi connectivity index (χ4v) is 0.787. The van der Waals surface area contributed by atoms with Gasteiger partial charge in [0.2, 0.25) is 5.91 Å². The van der Waals surface area contributed by atoms with Gasteiger partial charge in [-0.2, -0.15) is 13.2 Å². The first kappa shape index (κ1) is 15.2. The van der Waals surface area contributed by atoms with Crippen molar-refractivity contribution in [1.29, 1.82) is 0 Å². The molecular weight excluding hydrogens is 225 g/mol. The predicted octanol–water partition coefficient (Wildman–Crippen LogP) is 0.809. The molecule has 0 aromatic carbocycles. The molecule has 0 spiro atoms. The second-order valence-electron chi connectivity index (χ2n) is 3.69. The molecule has 0 aliphatic rings. The Morgan fingerprint density at radius 2 is 2.00 bits per heavy atom. The van der Waals surface area contributed by atoms with Gasteiger partial charge in [0, 0.05) is 6.54 Å². The summed E-state index contributed by atoms with van der Waals surface area (Å²) in [5, 5.41) is 2.40. The fourth-order valence-electron chi connectivity index (χ4n) is 0.787. The smallest absolute Gasteiger partial charge is 0.370 e. The van der Waals surface area contributed by atoms with Crippen LogP contribution in [0.25, 0.3) is 0 Å². The highest BCUT2D eigenvalue weighted by molar-refractivity contribution is 5.85. The quantitative estimate of drug-likeness (QED) is 0.677. The summed E-state index contributed by atoms with van der Waals surface area (Å²) in [5.74, 6) is -0.398. The number of halogens is 3. The van der Waals surface area contributed by atoms with E-state index in [-0.39, 0.29) is 13.2 Å². The molecule has 0 aliphatic carbocycles. The van der Waals surface area contributed by atoms with E-state index < -0.39 is 24.2 Å². The molecule has 0 fully saturated rings. The average molecular weight is 242 g/mol. The van der Waals surface area contributed by atoms with E-state index in [2.05, 4.69) is 10.1 Å². The third-order valence-corrected chi connectivity index (χ3v) is 2.05. The Kier molecular flexibility index (Phi) is 5.74. The minimum Gasteiger partial charge on any atom is -0.370 e. The fraction of sp³-hybridized carbons (Fsp3) is 0.889. The highest BCUT2D eigenvalue weighted by Crippen LogP contribution is 2.13. The van der Waals surface area contributed by atoms with Crippen LogP contribution in [0, 0.1) is 0 Å². The Bertz CT molecular complexity index is 229. The van der Waals surface area contributed by atoms with E-state index >= 15 is 0 Å². The third-order valence-electron chi connectivity index (χ3n) is 2.05. The van der Waals surface area contributed by atoms with Gasteiger partial charge in [-0.15, -0.1) is 0 Å². The largest absolute Gasteiger partial charge is 0.411 e. The lowest BCUT2D eigenvalue weighted by Gasteiger charge is -2.21. The number of hydrogen-bond acceptors (Lipinski definition) is 3. The molecule has 0 aromatic rings. The van der Waals surface area contributed by atoms with E-state index in [4.69, 9.17) is 5.73 Å². The van der Waals surface area contributed by atoms with E-state index in [1.807, 2.05) is 0 Å². The first-order chi connectivity index (χ1) is 7.19. The van der Waals surface area contributed by atoms with Gasteiger partial charge < -0.3 is 15.8 Å². The van der Waals surface area contributed by atoms with E-state index in [9.17, 15) is 18.0 Å². The van der Waals surface area contributed by atoms with Gasteiger partial charge in [0.25, 0.3) is 0 Å². The third kappa shape index (κ3) is 6.62. The number of ether oxygens (including phenoxy) is 1. The lowest BCUT2D eigenvalue weighted by Crippen LogP contribution is -2.51. The average Bonchev–Trinajstić information content (AvgIpc) is 2.15. The molecule has 1 atom stereocenters. The van der Waals surface area contributed by atoms with Crippen molar-refractivity contribution >= 4 is 5.91 Å². The molecule has 96 valence electrons. The van der Waals surface area contributed by atoms with Gasteiger partial charge in [-0.05, 0) is 13.3 Å². The summed E-state index contributed by atoms with van der Waals surface area (Å²) in [5.41, 5.74) is 4.61. The zero-order valence-electron chi connectivity index (χ0n) is 9.36. The molecule has 0 saturated heterocycles. The summed E-state index contributed by atoms with van der Waals surface area (Å²) in [6.45, 7) is 1.82. The summed E-state index contributed by atoms with van der Waals surface area (Å²) in [6.07, 6.45) is -3.89. The Labute approximate surface area is 92.3 Å². The molecule has 0 aromatic heterocycles. The van der Waals surface area contributed by atoms with Crippen molar-refractivity contribution in [3.8, 4) is 0 Å². The van der Waals surface area contributed by atoms with Gasteiger partial charge >= 0.3 is 6.18 Å². The van der Waals surface area contributed by atoms with Gasteiger partial charge in [0.15, 0.2) is 0 Å². The summed E-state index contributed by atoms with van der Waals surface area (Å²) in [6, 6.07) is 0. The van der Waals surface area contributed by atoms with Crippen LogP contribution >= 0.6 is 0 Å². The molecule has 3 N–H and O–H groups in total. The normalized spacial score (nSPS) is 15.6. The van der Waals surface area contributed by atoms with Crippen molar-refractivity contribution in [1.82, 2.24) is 5.32 Å². The molecule has 0 saturated carbocycles. The number of nitrogens with one attached hydrogen (secondary N) is 1. The van der Waals surface area contributed by atoms with E-state index in [0.717, 1.165) is 0 Å². The van der Waals surface area contributed by atoms with Crippen LogP contribution in [0.3, 0.4) is 0 Å². The lowest BCUT2D eigenvalue weighted by molar-refractivity contribution is -0.173. The molecule has 7 heteroatoms. The zero-order valence-corrected chi connectivity index (χ0v) is 9.36. The number of hydrogen-bond donors (Lipinski definition) is 2. The summed E-state index contributed by atoms with van der Waals surface area (Å²) < 4.78 is 39.3. The van der Waals surface area contributed by atoms with Crippen LogP contribution < -0.4 is 11.1 Å². The number of carbonyl (C=O) groups excluding carboxylic acids is 1. The molecule has 1 unspecified atom stereocenters. The molecule has 0 rings (SSSR count). The highest BCUT2D eigenvalue weighted by atomic mass is 19.4. The Hall–Kier alpha value is -0.820. The second kappa shape index (κ2) is 6.05. The lowest BCUT2D eigenvalue weighted by atomic mass is 10.00. The van der Waals surface area contributed by atoms with E-state index in [0.29, 0.717) is 6.42 Å². The Morgan fingerprint density at radius 1 is 1.44 bits per heavy atom. The summed E-state index contributed by atoms with van der Waals surface area (Å²) in [7, 11) is 0. The number of amides is 1. The first-order valence-corrected chi connectivity index (χ1v) is 4.90. The minimum atomic E-state index is -4.34. The number of carbonyl (C=O) groups is 1. The van der Waals surface area contributed by atoms with Crippen LogP contribution in [0.4, 0.5) is 13.2 Å². The van der Waals surface area contributed by atoms with Crippen molar-refractivity contribution < 1.29 is 22.7 Å². The number of nitrogens with two attached hydrogens (primary N) is 1. The number of rotatable bonds is 6. The van der Waals surface area contributed by atoms with Crippen LogP contribution in [0.1, 0.15) is 20.3 Å². The molecule has 4 nitrogen and oxygen atoms in total. The maximum Gasteiger partial charge on any atom is 0.411 e. The number of alkyl halides is 3. The van der Waals surface area contributed by atoms with Crippen molar-refractivity contribution in [2.45, 2.75) is 32.0 Å². The topological polar surface area (TPSA) is 64.4 Å². The van der Waals surface area contributed by atoms with Crippen LogP contribution in [0.2, 0.25) is 0 Å². The predicted molar refractivity (Wildman–Crippen MR) is 52.8 cm³/mol. The maximum absolute atomic E-state index is 11.7. The van der Waals surface area contributed by atoms with Crippen LogP contribution in [0.15, 0.2) is 0 Å². The summed E-state index contributed by atoms with van der Waals surface area (Å²) in [4.78, 5) is 11.3. The van der Waals surface area contributed by atoms with Gasteiger partial charge in [0.05, 0.1) is 12.1 Å². The Balaban J connectivity index is 3.64. The molecule has 0 radical (unpaired) electrons. The van der Waals surface area contributed by atoms with Crippen molar-refractivity contribution in [3.05, 3.63) is 0 Å². The molecule has 0 aliphatic heterocycles. The van der Waals surface area contributed by atoms with Gasteiger partial charge in [-0.3, -0.25) is 4.79 Å². The second-order valence-corrected chi connectivity index (χ2v) is 3.69. The van der Waals surface area contributed by atoms with Crippen molar-refractivity contribution in [2.75, 3.05) is 19.8 Å². The molecular formula is C9H17F3N2O2. The van der Waals surface area contributed by atoms with E-state index in [1.165, 1.54) is 0 Å².